The molecule has 0 bridgehead atoms. The first kappa shape index (κ1) is 19.9. The lowest BCUT2D eigenvalue weighted by atomic mass is 10.1. The summed E-state index contributed by atoms with van der Waals surface area (Å²) < 4.78 is 6.28. The van der Waals surface area contributed by atoms with Crippen molar-refractivity contribution in [1.29, 1.82) is 0 Å². The van der Waals surface area contributed by atoms with E-state index in [2.05, 4.69) is 73.1 Å². The number of hydrogen-bond acceptors (Lipinski definition) is 1. The van der Waals surface area contributed by atoms with E-state index in [9.17, 15) is 0 Å². The van der Waals surface area contributed by atoms with Gasteiger partial charge >= 0.3 is 0 Å². The topological polar surface area (TPSA) is 9.23 Å². The van der Waals surface area contributed by atoms with Crippen LogP contribution >= 0.6 is 0 Å². The zero-order valence-corrected chi connectivity index (χ0v) is 17.3. The van der Waals surface area contributed by atoms with Gasteiger partial charge in [0.05, 0.1) is 6.61 Å². The molecule has 118 valence electrons. The van der Waals surface area contributed by atoms with Crippen LogP contribution in [-0.2, 0) is 4.43 Å². The molecule has 0 aliphatic rings. The van der Waals surface area contributed by atoms with Gasteiger partial charge in [-0.1, -0.05) is 60.0 Å². The minimum atomic E-state index is -1.67. The quantitative estimate of drug-likeness (QED) is 0.399. The number of hydrogen-bond donors (Lipinski definition) is 0. The average Bonchev–Trinajstić information content (AvgIpc) is 2.24. The highest BCUT2D eigenvalue weighted by Crippen LogP contribution is 2.37. The summed E-state index contributed by atoms with van der Waals surface area (Å²) in [6.45, 7) is 25.8. The van der Waals surface area contributed by atoms with Crippen molar-refractivity contribution in [3.63, 3.8) is 0 Å². The normalized spacial score (nSPS) is 14.6. The fourth-order valence-corrected chi connectivity index (χ4v) is 3.37. The molecule has 0 aromatic carbocycles. The van der Waals surface area contributed by atoms with Gasteiger partial charge in [-0.2, -0.15) is 0 Å². The second-order valence-electron chi connectivity index (χ2n) is 8.50. The molecule has 0 aromatic heterocycles. The van der Waals surface area contributed by atoms with Gasteiger partial charge < -0.3 is 4.43 Å². The van der Waals surface area contributed by atoms with Crippen molar-refractivity contribution in [2.75, 3.05) is 6.61 Å². The Hall–Kier alpha value is -0.126. The summed E-state index contributed by atoms with van der Waals surface area (Å²) in [6, 6.07) is 1.23. The van der Waals surface area contributed by atoms with E-state index < -0.39 is 16.4 Å². The van der Waals surface area contributed by atoms with E-state index in [4.69, 9.17) is 4.43 Å². The third kappa shape index (κ3) is 7.05. The maximum absolute atomic E-state index is 6.28. The highest BCUT2D eigenvalue weighted by atomic mass is 28.4. The van der Waals surface area contributed by atoms with Gasteiger partial charge in [-0.3, -0.25) is 0 Å². The van der Waals surface area contributed by atoms with Crippen molar-refractivity contribution in [3.05, 3.63) is 23.8 Å². The van der Waals surface area contributed by atoms with Gasteiger partial charge in [0.15, 0.2) is 8.32 Å². The molecule has 0 saturated carbocycles. The monoisotopic (exact) mass is 312 g/mol. The first-order chi connectivity index (χ1) is 8.80. The van der Waals surface area contributed by atoms with Crippen LogP contribution in [0.4, 0.5) is 0 Å². The highest BCUT2D eigenvalue weighted by molar-refractivity contribution is 6.76. The van der Waals surface area contributed by atoms with Crippen LogP contribution in [0.3, 0.4) is 0 Å². The maximum Gasteiger partial charge on any atom is 0.192 e. The van der Waals surface area contributed by atoms with E-state index >= 15 is 0 Å². The summed E-state index contributed by atoms with van der Waals surface area (Å²) in [6.07, 6.45) is 3.47. The molecule has 0 unspecified atom stereocenters. The van der Waals surface area contributed by atoms with E-state index in [1.54, 1.807) is 0 Å². The second kappa shape index (κ2) is 7.23. The van der Waals surface area contributed by atoms with Crippen LogP contribution in [0.25, 0.3) is 0 Å². The van der Waals surface area contributed by atoms with Crippen LogP contribution in [0, 0.1) is 0 Å². The molecule has 0 heterocycles. The van der Waals surface area contributed by atoms with Crippen molar-refractivity contribution in [1.82, 2.24) is 0 Å². The predicted molar refractivity (Wildman–Crippen MR) is 98.8 cm³/mol. The lowest BCUT2D eigenvalue weighted by Gasteiger charge is -2.36. The van der Waals surface area contributed by atoms with E-state index in [1.165, 1.54) is 17.2 Å². The Morgan fingerprint density at radius 3 is 1.95 bits per heavy atom. The molecule has 20 heavy (non-hydrogen) atoms. The van der Waals surface area contributed by atoms with Crippen LogP contribution in [0.1, 0.15) is 34.1 Å². The largest absolute Gasteiger partial charge is 0.413 e. The fourth-order valence-electron chi connectivity index (χ4n) is 1.54. The van der Waals surface area contributed by atoms with Gasteiger partial charge in [0.1, 0.15) is 0 Å². The van der Waals surface area contributed by atoms with E-state index in [0.29, 0.717) is 6.61 Å². The molecule has 0 rings (SSSR count). The van der Waals surface area contributed by atoms with Crippen LogP contribution in [0.5, 0.6) is 0 Å². The van der Waals surface area contributed by atoms with E-state index in [0.717, 1.165) is 6.42 Å². The third-order valence-corrected chi connectivity index (χ3v) is 10.1. The minimum absolute atomic E-state index is 0.266. The molecule has 1 nitrogen and oxygen atoms in total. The SMILES string of the molecule is C=C(CO[Si](C)(C)C(C)(C)C)/C(=C\C[Si](C)(C)C)CC. The van der Waals surface area contributed by atoms with Crippen LogP contribution in [0.2, 0.25) is 43.8 Å². The Balaban J connectivity index is 4.67. The number of allylic oxidation sites excluding steroid dienone is 1. The molecule has 3 heteroatoms. The molecular formula is C17H36OSi2. The zero-order valence-electron chi connectivity index (χ0n) is 15.3. The van der Waals surface area contributed by atoms with Gasteiger partial charge in [-0.25, -0.2) is 0 Å². The zero-order chi connectivity index (χ0) is 16.2. The lowest BCUT2D eigenvalue weighted by Crippen LogP contribution is -2.41. The predicted octanol–water partition coefficient (Wildman–Crippen LogP) is 6.24. The first-order valence-electron chi connectivity index (χ1n) is 7.81. The third-order valence-electron chi connectivity index (χ3n) is 4.21. The van der Waals surface area contributed by atoms with Gasteiger partial charge in [0.25, 0.3) is 0 Å². The smallest absolute Gasteiger partial charge is 0.192 e. The molecule has 0 aliphatic carbocycles. The summed E-state index contributed by atoms with van der Waals surface area (Å²) in [7, 11) is -2.69. The molecule has 0 aliphatic heterocycles. The van der Waals surface area contributed by atoms with Crippen LogP contribution in [0.15, 0.2) is 23.8 Å². The van der Waals surface area contributed by atoms with Gasteiger partial charge in [0.2, 0.25) is 0 Å². The van der Waals surface area contributed by atoms with E-state index in [1.807, 2.05) is 0 Å². The molecule has 0 atom stereocenters. The Bertz CT molecular complexity index is 354. The van der Waals surface area contributed by atoms with Gasteiger partial charge in [-0.15, -0.1) is 0 Å². The summed E-state index contributed by atoms with van der Waals surface area (Å²) in [5, 5.41) is 0.266. The summed E-state index contributed by atoms with van der Waals surface area (Å²) in [5.41, 5.74) is 2.57. The summed E-state index contributed by atoms with van der Waals surface area (Å²) in [5.74, 6) is 0. The van der Waals surface area contributed by atoms with Crippen LogP contribution in [-0.4, -0.2) is 23.0 Å². The molecule has 0 saturated heterocycles. The van der Waals surface area contributed by atoms with Crippen molar-refractivity contribution in [2.24, 2.45) is 0 Å². The fraction of sp³-hybridized carbons (Fsp3) is 0.765. The molecule has 0 N–H and O–H groups in total. The second-order valence-corrected chi connectivity index (χ2v) is 18.8. The standard InChI is InChI=1S/C17H36OSi2/c1-11-16(12-13-19(6,7)8)15(2)14-18-20(9,10)17(3,4)5/h12H,2,11,13-14H2,1,3-10H3/b16-12-. The lowest BCUT2D eigenvalue weighted by molar-refractivity contribution is 0.320. The molecule has 0 fully saturated rings. The van der Waals surface area contributed by atoms with Crippen molar-refractivity contribution >= 4 is 16.4 Å². The Morgan fingerprint density at radius 1 is 1.10 bits per heavy atom. The summed E-state index contributed by atoms with van der Waals surface area (Å²) >= 11 is 0. The molecular weight excluding hydrogens is 276 g/mol. The van der Waals surface area contributed by atoms with Crippen LogP contribution < -0.4 is 0 Å². The average molecular weight is 313 g/mol. The molecule has 0 spiro atoms. The van der Waals surface area contributed by atoms with Crippen molar-refractivity contribution in [3.8, 4) is 0 Å². The van der Waals surface area contributed by atoms with Crippen molar-refractivity contribution < 1.29 is 4.43 Å². The van der Waals surface area contributed by atoms with Crippen molar-refractivity contribution in [2.45, 2.75) is 77.9 Å². The van der Waals surface area contributed by atoms with E-state index in [-0.39, 0.29) is 5.04 Å². The summed E-state index contributed by atoms with van der Waals surface area (Å²) in [4.78, 5) is 0. The van der Waals surface area contributed by atoms with Gasteiger partial charge in [-0.05, 0) is 41.7 Å². The minimum Gasteiger partial charge on any atom is -0.413 e. The van der Waals surface area contributed by atoms with Gasteiger partial charge in [0, 0.05) is 8.07 Å². The molecule has 0 aromatic rings. The number of rotatable bonds is 7. The molecule has 0 amide bonds. The first-order valence-corrected chi connectivity index (χ1v) is 14.4. The Labute approximate surface area is 129 Å². The molecule has 0 radical (unpaired) electrons. The Morgan fingerprint density at radius 2 is 1.60 bits per heavy atom. The maximum atomic E-state index is 6.28. The highest BCUT2D eigenvalue weighted by Gasteiger charge is 2.37. The Kier molecular flexibility index (Phi) is 7.19.